The molecule has 1 rings (SSSR count). The van der Waals surface area contributed by atoms with Gasteiger partial charge in [0.15, 0.2) is 4.67 Å². The quantitative estimate of drug-likeness (QED) is 0.843. The molecule has 1 aromatic rings. The van der Waals surface area contributed by atoms with Crippen LogP contribution in [0.25, 0.3) is 0 Å². The van der Waals surface area contributed by atoms with Crippen molar-refractivity contribution in [3.8, 4) is 0 Å². The van der Waals surface area contributed by atoms with Crippen LogP contribution in [0.15, 0.2) is 21.4 Å². The molecule has 0 aromatic carbocycles. The first-order chi connectivity index (χ1) is 7.20. The summed E-state index contributed by atoms with van der Waals surface area (Å²) in [6.45, 7) is 7.64. The van der Waals surface area contributed by atoms with E-state index >= 15 is 0 Å². The molecular formula is C12H20BrNO. The average molecular weight is 274 g/mol. The van der Waals surface area contributed by atoms with Crippen LogP contribution in [0, 0.1) is 5.92 Å². The Morgan fingerprint density at radius 2 is 2.20 bits per heavy atom. The standard InChI is InChI=1S/C12H20BrNO/c1-4-6-9(3)11(14-5-2)10-7-8-15-12(10)13/h7-9,11,14H,4-6H2,1-3H3. The molecule has 2 unspecified atom stereocenters. The number of rotatable bonds is 6. The molecule has 0 amide bonds. The van der Waals surface area contributed by atoms with E-state index in [0.29, 0.717) is 12.0 Å². The Morgan fingerprint density at radius 3 is 2.67 bits per heavy atom. The van der Waals surface area contributed by atoms with Gasteiger partial charge in [-0.05, 0) is 40.9 Å². The van der Waals surface area contributed by atoms with Crippen molar-refractivity contribution in [2.24, 2.45) is 5.92 Å². The third-order valence-corrected chi connectivity index (χ3v) is 3.36. The number of hydrogen-bond acceptors (Lipinski definition) is 2. The lowest BCUT2D eigenvalue weighted by Crippen LogP contribution is -2.26. The van der Waals surface area contributed by atoms with Gasteiger partial charge in [-0.15, -0.1) is 0 Å². The summed E-state index contributed by atoms with van der Waals surface area (Å²) in [5, 5.41) is 3.52. The summed E-state index contributed by atoms with van der Waals surface area (Å²) in [6, 6.07) is 2.44. The van der Waals surface area contributed by atoms with Gasteiger partial charge in [-0.2, -0.15) is 0 Å². The van der Waals surface area contributed by atoms with E-state index in [9.17, 15) is 0 Å². The van der Waals surface area contributed by atoms with E-state index in [0.717, 1.165) is 11.2 Å². The van der Waals surface area contributed by atoms with Gasteiger partial charge in [0.2, 0.25) is 0 Å². The lowest BCUT2D eigenvalue weighted by molar-refractivity contribution is 0.364. The van der Waals surface area contributed by atoms with Crippen LogP contribution in [0.3, 0.4) is 0 Å². The van der Waals surface area contributed by atoms with Crippen LogP contribution >= 0.6 is 15.9 Å². The lowest BCUT2D eigenvalue weighted by atomic mass is 9.92. The Morgan fingerprint density at radius 1 is 1.47 bits per heavy atom. The first kappa shape index (κ1) is 12.8. The molecular weight excluding hydrogens is 254 g/mol. The van der Waals surface area contributed by atoms with Gasteiger partial charge in [-0.1, -0.05) is 27.2 Å². The first-order valence-corrected chi connectivity index (χ1v) is 6.46. The van der Waals surface area contributed by atoms with Crippen molar-refractivity contribution in [1.82, 2.24) is 5.32 Å². The Kier molecular flexibility index (Phi) is 5.40. The van der Waals surface area contributed by atoms with Gasteiger partial charge >= 0.3 is 0 Å². The second kappa shape index (κ2) is 6.33. The van der Waals surface area contributed by atoms with E-state index in [-0.39, 0.29) is 0 Å². The normalized spacial score (nSPS) is 15.2. The maximum Gasteiger partial charge on any atom is 0.173 e. The fraction of sp³-hybridized carbons (Fsp3) is 0.667. The van der Waals surface area contributed by atoms with Gasteiger partial charge in [-0.3, -0.25) is 0 Å². The highest BCUT2D eigenvalue weighted by Crippen LogP contribution is 2.31. The topological polar surface area (TPSA) is 25.2 Å². The first-order valence-electron chi connectivity index (χ1n) is 5.66. The lowest BCUT2D eigenvalue weighted by Gasteiger charge is -2.23. The van der Waals surface area contributed by atoms with E-state index in [4.69, 9.17) is 4.42 Å². The second-order valence-electron chi connectivity index (χ2n) is 3.95. The summed E-state index contributed by atoms with van der Waals surface area (Å²) in [4.78, 5) is 0. The molecule has 0 saturated heterocycles. The summed E-state index contributed by atoms with van der Waals surface area (Å²) in [6.07, 6.45) is 4.19. The van der Waals surface area contributed by atoms with Crippen LogP contribution in [0.2, 0.25) is 0 Å². The van der Waals surface area contributed by atoms with Gasteiger partial charge in [0.05, 0.1) is 6.26 Å². The van der Waals surface area contributed by atoms with Crippen molar-refractivity contribution in [1.29, 1.82) is 0 Å². The number of halogens is 1. The highest BCUT2D eigenvalue weighted by molar-refractivity contribution is 9.10. The average Bonchev–Trinajstić information content (AvgIpc) is 2.61. The second-order valence-corrected chi connectivity index (χ2v) is 4.67. The molecule has 0 bridgehead atoms. The zero-order valence-corrected chi connectivity index (χ0v) is 11.3. The molecule has 86 valence electrons. The molecule has 0 spiro atoms. The van der Waals surface area contributed by atoms with E-state index in [2.05, 4.69) is 42.0 Å². The van der Waals surface area contributed by atoms with Crippen molar-refractivity contribution < 1.29 is 4.42 Å². The van der Waals surface area contributed by atoms with E-state index in [1.54, 1.807) is 6.26 Å². The fourth-order valence-electron chi connectivity index (χ4n) is 1.99. The molecule has 1 aromatic heterocycles. The molecule has 3 heteroatoms. The Balaban J connectivity index is 2.77. The molecule has 2 atom stereocenters. The maximum absolute atomic E-state index is 5.30. The molecule has 1 N–H and O–H groups in total. The van der Waals surface area contributed by atoms with Crippen molar-refractivity contribution >= 4 is 15.9 Å². The Labute approximate surface area is 101 Å². The molecule has 0 aliphatic rings. The third kappa shape index (κ3) is 3.35. The van der Waals surface area contributed by atoms with Gasteiger partial charge in [0.1, 0.15) is 0 Å². The van der Waals surface area contributed by atoms with Crippen molar-refractivity contribution in [2.75, 3.05) is 6.54 Å². The van der Waals surface area contributed by atoms with Crippen LogP contribution in [0.5, 0.6) is 0 Å². The molecule has 2 nitrogen and oxygen atoms in total. The minimum atomic E-state index is 0.392. The molecule has 0 fully saturated rings. The SMILES string of the molecule is CCCC(C)C(NCC)c1ccoc1Br. The monoisotopic (exact) mass is 273 g/mol. The van der Waals surface area contributed by atoms with Crippen molar-refractivity contribution in [3.63, 3.8) is 0 Å². The van der Waals surface area contributed by atoms with Gasteiger partial charge in [0, 0.05) is 11.6 Å². The highest BCUT2D eigenvalue weighted by Gasteiger charge is 2.21. The third-order valence-electron chi connectivity index (χ3n) is 2.72. The molecule has 0 aliphatic heterocycles. The van der Waals surface area contributed by atoms with E-state index in [1.807, 2.05) is 6.07 Å². The number of nitrogens with one attached hydrogen (secondary N) is 1. The summed E-state index contributed by atoms with van der Waals surface area (Å²) in [5.74, 6) is 0.629. The number of furan rings is 1. The van der Waals surface area contributed by atoms with E-state index < -0.39 is 0 Å². The molecule has 1 heterocycles. The molecule has 0 radical (unpaired) electrons. The van der Waals surface area contributed by atoms with Crippen molar-refractivity contribution in [2.45, 2.75) is 39.7 Å². The van der Waals surface area contributed by atoms with Gasteiger partial charge in [0.25, 0.3) is 0 Å². The summed E-state index contributed by atoms with van der Waals surface area (Å²) in [7, 11) is 0. The summed E-state index contributed by atoms with van der Waals surface area (Å²) in [5.41, 5.74) is 1.23. The summed E-state index contributed by atoms with van der Waals surface area (Å²) < 4.78 is 6.15. The predicted molar refractivity (Wildman–Crippen MR) is 66.9 cm³/mol. The predicted octanol–water partition coefficient (Wildman–Crippen LogP) is 4.13. The minimum absolute atomic E-state index is 0.392. The highest BCUT2D eigenvalue weighted by atomic mass is 79.9. The number of hydrogen-bond donors (Lipinski definition) is 1. The zero-order valence-electron chi connectivity index (χ0n) is 9.72. The molecule has 0 aliphatic carbocycles. The zero-order chi connectivity index (χ0) is 11.3. The van der Waals surface area contributed by atoms with Gasteiger partial charge < -0.3 is 9.73 Å². The van der Waals surface area contributed by atoms with Crippen LogP contribution in [-0.4, -0.2) is 6.54 Å². The van der Waals surface area contributed by atoms with Crippen LogP contribution in [0.4, 0.5) is 0 Å². The fourth-order valence-corrected chi connectivity index (χ4v) is 2.47. The Bertz CT molecular complexity index is 285. The molecule has 0 saturated carbocycles. The maximum atomic E-state index is 5.30. The van der Waals surface area contributed by atoms with Crippen LogP contribution in [-0.2, 0) is 0 Å². The van der Waals surface area contributed by atoms with Crippen molar-refractivity contribution in [3.05, 3.63) is 22.6 Å². The smallest absolute Gasteiger partial charge is 0.173 e. The van der Waals surface area contributed by atoms with Crippen LogP contribution in [0.1, 0.15) is 45.2 Å². The van der Waals surface area contributed by atoms with Gasteiger partial charge in [-0.25, -0.2) is 0 Å². The van der Waals surface area contributed by atoms with E-state index in [1.165, 1.54) is 18.4 Å². The molecule has 15 heavy (non-hydrogen) atoms. The minimum Gasteiger partial charge on any atom is -0.457 e. The largest absolute Gasteiger partial charge is 0.457 e. The van der Waals surface area contributed by atoms with Crippen LogP contribution < -0.4 is 5.32 Å². The Hall–Kier alpha value is -0.280. The summed E-state index contributed by atoms with van der Waals surface area (Å²) >= 11 is 3.45.